The van der Waals surface area contributed by atoms with Gasteiger partial charge in [-0.25, -0.2) is 0 Å². The second-order valence-electron chi connectivity index (χ2n) is 8.28. The first-order valence-corrected chi connectivity index (χ1v) is 12.6. The van der Waals surface area contributed by atoms with Crippen molar-refractivity contribution in [3.05, 3.63) is 66.0 Å². The molecule has 0 radical (unpaired) electrons. The minimum Gasteiger partial charge on any atom is -0.497 e. The summed E-state index contributed by atoms with van der Waals surface area (Å²) < 4.78 is 18.1. The topological polar surface area (TPSA) is 87.8 Å². The highest BCUT2D eigenvalue weighted by atomic mass is 32.2. The first kappa shape index (κ1) is 26.5. The van der Waals surface area contributed by atoms with Crippen LogP contribution in [-0.2, 0) is 22.1 Å². The lowest BCUT2D eigenvalue weighted by Gasteiger charge is -2.31. The minimum atomic E-state index is -0.973. The Morgan fingerprint density at radius 3 is 2.59 bits per heavy atom. The third-order valence-corrected chi connectivity index (χ3v) is 7.33. The van der Waals surface area contributed by atoms with Gasteiger partial charge in [0.05, 0.1) is 17.9 Å². The number of likely N-dealkylation sites (tertiary alicyclic amines) is 1. The molecule has 1 fully saturated rings. The molecule has 6 nitrogen and oxygen atoms in total. The molecular weight excluding hydrogens is 422 g/mol. The van der Waals surface area contributed by atoms with Crippen LogP contribution in [-0.4, -0.2) is 58.5 Å². The molecule has 4 N–H and O–H groups in total. The van der Waals surface area contributed by atoms with E-state index in [9.17, 15) is 9.32 Å². The first-order valence-electron chi connectivity index (χ1n) is 11.4. The molecule has 2 rings (SSSR count). The van der Waals surface area contributed by atoms with Crippen LogP contribution >= 0.6 is 0 Å². The highest BCUT2D eigenvalue weighted by Crippen LogP contribution is 2.22. The average molecular weight is 462 g/mol. The minimum absolute atomic E-state index is 0.153. The van der Waals surface area contributed by atoms with Crippen LogP contribution in [0.3, 0.4) is 0 Å². The third-order valence-electron chi connectivity index (χ3n) is 5.52. The Labute approximate surface area is 195 Å². The standard InChI is InChI=1S/C25H39N3O3S/c1-5-14-28-15-12-24(13-16-28)32(30)23-9-6-21(7-10-23)18-27-25(29)11-8-22(17-19(2)26)20(3)31-4/h6-11,17,19,24-25,27,29H,3,5,12-16,18,26H2,1-2,4H3. The van der Waals surface area contributed by atoms with Gasteiger partial charge in [-0.1, -0.05) is 37.8 Å². The SMILES string of the molecule is C=C(OC)C(C=CC(O)NCc1ccc(S(=O)C2CCN(CCC)CC2)cc1)=CC(C)N. The van der Waals surface area contributed by atoms with Crippen molar-refractivity contribution >= 4 is 10.8 Å². The second kappa shape index (κ2) is 13.7. The zero-order chi connectivity index (χ0) is 23.5. The van der Waals surface area contributed by atoms with Crippen molar-refractivity contribution in [3.8, 4) is 0 Å². The summed E-state index contributed by atoms with van der Waals surface area (Å²) in [5.41, 5.74) is 7.57. The molecule has 0 spiro atoms. The van der Waals surface area contributed by atoms with E-state index in [-0.39, 0.29) is 11.3 Å². The molecule has 1 aliphatic rings. The Morgan fingerprint density at radius 2 is 2.03 bits per heavy atom. The average Bonchev–Trinajstić information content (AvgIpc) is 2.80. The molecule has 0 saturated carbocycles. The molecule has 1 aromatic rings. The number of piperidine rings is 1. The van der Waals surface area contributed by atoms with E-state index in [1.807, 2.05) is 37.3 Å². The molecule has 178 valence electrons. The maximum absolute atomic E-state index is 12.9. The summed E-state index contributed by atoms with van der Waals surface area (Å²) >= 11 is 0. The Hall–Kier alpha value is -1.77. The Morgan fingerprint density at radius 1 is 1.38 bits per heavy atom. The fourth-order valence-electron chi connectivity index (χ4n) is 3.72. The Bertz CT molecular complexity index is 797. The zero-order valence-corrected chi connectivity index (χ0v) is 20.4. The summed E-state index contributed by atoms with van der Waals surface area (Å²) in [4.78, 5) is 3.34. The van der Waals surface area contributed by atoms with Crippen LogP contribution in [0.1, 0.15) is 38.7 Å². The van der Waals surface area contributed by atoms with Gasteiger partial charge in [0.15, 0.2) is 0 Å². The summed E-state index contributed by atoms with van der Waals surface area (Å²) in [5.74, 6) is 0.491. The number of nitrogens with two attached hydrogens (primary N) is 1. The predicted octanol–water partition coefficient (Wildman–Crippen LogP) is 3.07. The largest absolute Gasteiger partial charge is 0.497 e. The van der Waals surface area contributed by atoms with Crippen molar-refractivity contribution in [1.29, 1.82) is 0 Å². The lowest BCUT2D eigenvalue weighted by atomic mass is 10.1. The number of rotatable bonds is 12. The van der Waals surface area contributed by atoms with Crippen LogP contribution in [0, 0.1) is 0 Å². The van der Waals surface area contributed by atoms with E-state index in [0.717, 1.165) is 48.5 Å². The fraction of sp³-hybridized carbons (Fsp3) is 0.520. The molecule has 0 bridgehead atoms. The second-order valence-corrected chi connectivity index (χ2v) is 10.0. The van der Waals surface area contributed by atoms with Crippen LogP contribution in [0.15, 0.2) is 65.3 Å². The Balaban J connectivity index is 1.86. The lowest BCUT2D eigenvalue weighted by Crippen LogP contribution is -2.37. The number of hydrogen-bond acceptors (Lipinski definition) is 6. The number of aliphatic hydroxyl groups is 1. The molecule has 0 aromatic heterocycles. The van der Waals surface area contributed by atoms with Gasteiger partial charge in [0.2, 0.25) is 0 Å². The van der Waals surface area contributed by atoms with Crippen molar-refractivity contribution in [3.63, 3.8) is 0 Å². The van der Waals surface area contributed by atoms with Gasteiger partial charge in [0, 0.05) is 28.3 Å². The van der Waals surface area contributed by atoms with Crippen LogP contribution in [0.25, 0.3) is 0 Å². The summed E-state index contributed by atoms with van der Waals surface area (Å²) in [6, 6.07) is 7.67. The number of benzene rings is 1. The van der Waals surface area contributed by atoms with Crippen molar-refractivity contribution in [2.24, 2.45) is 5.73 Å². The number of methoxy groups -OCH3 is 1. The quantitative estimate of drug-likeness (QED) is 0.252. The maximum atomic E-state index is 12.9. The highest BCUT2D eigenvalue weighted by Gasteiger charge is 2.24. The fourth-order valence-corrected chi connectivity index (χ4v) is 5.15. The van der Waals surface area contributed by atoms with Gasteiger partial charge in [-0.3, -0.25) is 9.53 Å². The van der Waals surface area contributed by atoms with Crippen LogP contribution in [0.4, 0.5) is 0 Å². The molecule has 7 heteroatoms. The number of ether oxygens (including phenoxy) is 1. The van der Waals surface area contributed by atoms with Gasteiger partial charge < -0.3 is 20.5 Å². The molecular formula is C25H39N3O3S. The summed E-state index contributed by atoms with van der Waals surface area (Å²) in [5, 5.41) is 13.5. The molecule has 1 saturated heterocycles. The number of nitrogens with zero attached hydrogens (tertiary/aromatic N) is 1. The smallest absolute Gasteiger partial charge is 0.124 e. The van der Waals surface area contributed by atoms with E-state index >= 15 is 0 Å². The third kappa shape index (κ3) is 8.64. The van der Waals surface area contributed by atoms with Gasteiger partial charge in [0.25, 0.3) is 0 Å². The number of allylic oxidation sites excluding steroid dienone is 1. The summed E-state index contributed by atoms with van der Waals surface area (Å²) in [7, 11) is 0.575. The van der Waals surface area contributed by atoms with Gasteiger partial charge in [0.1, 0.15) is 12.0 Å². The number of aliphatic hydroxyl groups excluding tert-OH is 1. The molecule has 1 heterocycles. The molecule has 1 aromatic carbocycles. The molecule has 3 atom stereocenters. The van der Waals surface area contributed by atoms with Crippen LogP contribution < -0.4 is 11.1 Å². The van der Waals surface area contributed by atoms with E-state index in [2.05, 4.69) is 23.7 Å². The monoisotopic (exact) mass is 461 g/mol. The van der Waals surface area contributed by atoms with Crippen molar-refractivity contribution < 1.29 is 14.1 Å². The van der Waals surface area contributed by atoms with E-state index in [0.29, 0.717) is 12.3 Å². The normalized spacial score (nSPS) is 19.1. The van der Waals surface area contributed by atoms with Crippen LogP contribution in [0.5, 0.6) is 0 Å². The van der Waals surface area contributed by atoms with E-state index in [1.165, 1.54) is 6.42 Å². The van der Waals surface area contributed by atoms with E-state index < -0.39 is 17.0 Å². The van der Waals surface area contributed by atoms with Gasteiger partial charge in [-0.15, -0.1) is 0 Å². The van der Waals surface area contributed by atoms with Crippen LogP contribution in [0.2, 0.25) is 0 Å². The van der Waals surface area contributed by atoms with Crippen molar-refractivity contribution in [1.82, 2.24) is 10.2 Å². The van der Waals surface area contributed by atoms with E-state index in [4.69, 9.17) is 10.5 Å². The summed E-state index contributed by atoms with van der Waals surface area (Å²) in [6.07, 6.45) is 7.51. The summed E-state index contributed by atoms with van der Waals surface area (Å²) in [6.45, 7) is 11.6. The molecule has 1 aliphatic heterocycles. The first-order chi connectivity index (χ1) is 15.3. The molecule has 0 amide bonds. The maximum Gasteiger partial charge on any atom is 0.124 e. The molecule has 0 aliphatic carbocycles. The number of nitrogens with one attached hydrogen (secondary N) is 1. The van der Waals surface area contributed by atoms with Crippen molar-refractivity contribution in [2.75, 3.05) is 26.7 Å². The molecule has 32 heavy (non-hydrogen) atoms. The van der Waals surface area contributed by atoms with Gasteiger partial charge in [-0.05, 0) is 69.6 Å². The van der Waals surface area contributed by atoms with Crippen molar-refractivity contribution in [2.45, 2.75) is 62.1 Å². The molecule has 3 unspecified atom stereocenters. The number of hydrogen-bond donors (Lipinski definition) is 3. The lowest BCUT2D eigenvalue weighted by molar-refractivity contribution is 0.182. The highest BCUT2D eigenvalue weighted by molar-refractivity contribution is 7.85. The zero-order valence-electron chi connectivity index (χ0n) is 19.6. The predicted molar refractivity (Wildman–Crippen MR) is 132 cm³/mol. The van der Waals surface area contributed by atoms with E-state index in [1.54, 1.807) is 19.3 Å². The van der Waals surface area contributed by atoms with Gasteiger partial charge in [-0.2, -0.15) is 0 Å². The van der Waals surface area contributed by atoms with Gasteiger partial charge >= 0.3 is 0 Å². The Kier molecular flexibility index (Phi) is 11.3.